The van der Waals surface area contributed by atoms with Crippen LogP contribution in [-0.4, -0.2) is 17.7 Å². The molecule has 100 valence electrons. The van der Waals surface area contributed by atoms with E-state index in [-0.39, 0.29) is 12.2 Å². The summed E-state index contributed by atoms with van der Waals surface area (Å²) in [6.07, 6.45) is -0.776. The second-order valence-electron chi connectivity index (χ2n) is 4.24. The molecule has 1 aromatic rings. The molecule has 3 nitrogen and oxygen atoms in total. The largest absolute Gasteiger partial charge is 0.466 e. The molecule has 0 aromatic heterocycles. The molecule has 0 aliphatic heterocycles. The molecule has 0 saturated carbocycles. The highest BCUT2D eigenvalue weighted by Crippen LogP contribution is 2.28. The van der Waals surface area contributed by atoms with Gasteiger partial charge in [-0.25, -0.2) is 4.39 Å². The molecule has 2 atom stereocenters. The fourth-order valence-corrected chi connectivity index (χ4v) is 1.87. The van der Waals surface area contributed by atoms with E-state index in [1.54, 1.807) is 32.9 Å². The molecule has 0 aliphatic rings. The van der Waals surface area contributed by atoms with Gasteiger partial charge in [-0.05, 0) is 26.3 Å². The lowest BCUT2D eigenvalue weighted by Crippen LogP contribution is -2.24. The van der Waals surface area contributed by atoms with Crippen molar-refractivity contribution >= 4 is 5.97 Å². The van der Waals surface area contributed by atoms with Crippen LogP contribution in [0.2, 0.25) is 0 Å². The Hall–Kier alpha value is -1.42. The Bertz CT molecular complexity index is 418. The van der Waals surface area contributed by atoms with E-state index in [1.807, 2.05) is 0 Å². The molecule has 1 rings (SSSR count). The lowest BCUT2D eigenvalue weighted by atomic mass is 9.92. The summed E-state index contributed by atoms with van der Waals surface area (Å²) < 4.78 is 18.5. The van der Waals surface area contributed by atoms with E-state index in [0.717, 1.165) is 5.56 Å². The van der Waals surface area contributed by atoms with E-state index in [9.17, 15) is 14.3 Å². The van der Waals surface area contributed by atoms with E-state index < -0.39 is 23.8 Å². The van der Waals surface area contributed by atoms with Crippen LogP contribution in [0.4, 0.5) is 4.39 Å². The van der Waals surface area contributed by atoms with Crippen LogP contribution in [0.3, 0.4) is 0 Å². The van der Waals surface area contributed by atoms with Crippen LogP contribution in [0, 0.1) is 18.7 Å². The lowest BCUT2D eigenvalue weighted by Gasteiger charge is -2.21. The maximum atomic E-state index is 13.7. The second kappa shape index (κ2) is 6.50. The maximum Gasteiger partial charge on any atom is 0.311 e. The van der Waals surface area contributed by atoms with Crippen LogP contribution in [0.1, 0.15) is 37.5 Å². The minimum Gasteiger partial charge on any atom is -0.466 e. The first-order valence-corrected chi connectivity index (χ1v) is 6.12. The van der Waals surface area contributed by atoms with Gasteiger partial charge >= 0.3 is 5.97 Å². The van der Waals surface area contributed by atoms with E-state index in [2.05, 4.69) is 0 Å². The quantitative estimate of drug-likeness (QED) is 0.822. The second-order valence-corrected chi connectivity index (χ2v) is 4.24. The number of carbonyl (C=O) groups is 1. The van der Waals surface area contributed by atoms with Gasteiger partial charge in [0.1, 0.15) is 5.82 Å². The molecule has 1 aromatic carbocycles. The Balaban J connectivity index is 2.99. The van der Waals surface area contributed by atoms with Crippen LogP contribution < -0.4 is 0 Å². The number of aliphatic hydroxyl groups excluding tert-OH is 1. The number of hydrogen-bond donors (Lipinski definition) is 1. The van der Waals surface area contributed by atoms with Crippen LogP contribution >= 0.6 is 0 Å². The number of halogens is 1. The standard InChI is InChI=1S/C14H19FO3/c1-4-10(14(17)18-5-2)13(16)11-8-9(3)6-7-12(11)15/h6-8,10,13,16H,4-5H2,1-3H3. The average molecular weight is 254 g/mol. The Morgan fingerprint density at radius 3 is 2.67 bits per heavy atom. The molecule has 18 heavy (non-hydrogen) atoms. The van der Waals surface area contributed by atoms with Crippen molar-refractivity contribution in [2.45, 2.75) is 33.3 Å². The Labute approximate surface area is 107 Å². The first-order valence-electron chi connectivity index (χ1n) is 6.12. The highest BCUT2D eigenvalue weighted by molar-refractivity contribution is 5.73. The molecule has 0 bridgehead atoms. The fraction of sp³-hybridized carbons (Fsp3) is 0.500. The number of benzene rings is 1. The summed E-state index contributed by atoms with van der Waals surface area (Å²) in [5, 5.41) is 10.1. The van der Waals surface area contributed by atoms with E-state index in [4.69, 9.17) is 4.74 Å². The third-order valence-electron chi connectivity index (χ3n) is 2.88. The number of hydrogen-bond acceptors (Lipinski definition) is 3. The normalized spacial score (nSPS) is 14.1. The van der Waals surface area contributed by atoms with Gasteiger partial charge in [-0.3, -0.25) is 4.79 Å². The van der Waals surface area contributed by atoms with Gasteiger partial charge in [-0.15, -0.1) is 0 Å². The summed E-state index contributed by atoms with van der Waals surface area (Å²) in [6.45, 7) is 5.52. The molecule has 0 spiro atoms. The number of ether oxygens (including phenoxy) is 1. The van der Waals surface area contributed by atoms with E-state index in [1.165, 1.54) is 6.07 Å². The zero-order valence-corrected chi connectivity index (χ0v) is 10.9. The molecule has 2 unspecified atom stereocenters. The van der Waals surface area contributed by atoms with Gasteiger partial charge in [0, 0.05) is 5.56 Å². The van der Waals surface area contributed by atoms with Crippen LogP contribution in [0.15, 0.2) is 18.2 Å². The molecule has 0 heterocycles. The highest BCUT2D eigenvalue weighted by Gasteiger charge is 2.29. The molecule has 4 heteroatoms. The smallest absolute Gasteiger partial charge is 0.311 e. The predicted molar refractivity (Wildman–Crippen MR) is 66.5 cm³/mol. The number of rotatable bonds is 5. The van der Waals surface area contributed by atoms with E-state index >= 15 is 0 Å². The highest BCUT2D eigenvalue weighted by atomic mass is 19.1. The SMILES string of the molecule is CCOC(=O)C(CC)C(O)c1cc(C)ccc1F. The molecule has 0 radical (unpaired) electrons. The number of carbonyl (C=O) groups excluding carboxylic acids is 1. The minimum absolute atomic E-state index is 0.148. The van der Waals surface area contributed by atoms with Gasteiger partial charge < -0.3 is 9.84 Å². The summed E-state index contributed by atoms with van der Waals surface area (Å²) in [5.74, 6) is -1.73. The number of aryl methyl sites for hydroxylation is 1. The topological polar surface area (TPSA) is 46.5 Å². The Morgan fingerprint density at radius 1 is 1.44 bits per heavy atom. The third kappa shape index (κ3) is 3.29. The van der Waals surface area contributed by atoms with Crippen molar-refractivity contribution in [1.82, 2.24) is 0 Å². The third-order valence-corrected chi connectivity index (χ3v) is 2.88. The summed E-state index contributed by atoms with van der Waals surface area (Å²) in [5.41, 5.74) is 0.985. The molecular formula is C14H19FO3. The molecule has 0 fully saturated rings. The maximum absolute atomic E-state index is 13.7. The van der Waals surface area contributed by atoms with Crippen molar-refractivity contribution < 1.29 is 19.0 Å². The van der Waals surface area contributed by atoms with Gasteiger partial charge in [0.2, 0.25) is 0 Å². The Kier molecular flexibility index (Phi) is 5.28. The van der Waals surface area contributed by atoms with Crippen LogP contribution in [0.5, 0.6) is 0 Å². The molecule has 0 aliphatic carbocycles. The molecule has 1 N–H and O–H groups in total. The zero-order chi connectivity index (χ0) is 13.7. The molecular weight excluding hydrogens is 235 g/mol. The number of aliphatic hydroxyl groups is 1. The van der Waals surface area contributed by atoms with Crippen molar-refractivity contribution in [1.29, 1.82) is 0 Å². The average Bonchev–Trinajstić information content (AvgIpc) is 2.33. The first-order chi connectivity index (χ1) is 8.51. The van der Waals surface area contributed by atoms with Crippen LogP contribution in [0.25, 0.3) is 0 Å². The van der Waals surface area contributed by atoms with Crippen molar-refractivity contribution in [2.75, 3.05) is 6.61 Å². The van der Waals surface area contributed by atoms with Gasteiger partial charge in [-0.2, -0.15) is 0 Å². The van der Waals surface area contributed by atoms with Crippen molar-refractivity contribution in [2.24, 2.45) is 5.92 Å². The molecule has 0 saturated heterocycles. The molecule has 0 amide bonds. The van der Waals surface area contributed by atoms with Crippen molar-refractivity contribution in [3.63, 3.8) is 0 Å². The summed E-state index contributed by atoms with van der Waals surface area (Å²) in [4.78, 5) is 11.7. The van der Waals surface area contributed by atoms with Crippen molar-refractivity contribution in [3.8, 4) is 0 Å². The fourth-order valence-electron chi connectivity index (χ4n) is 1.87. The monoisotopic (exact) mass is 254 g/mol. The minimum atomic E-state index is -1.17. The van der Waals surface area contributed by atoms with E-state index in [0.29, 0.717) is 6.42 Å². The zero-order valence-electron chi connectivity index (χ0n) is 10.9. The Morgan fingerprint density at radius 2 is 2.11 bits per heavy atom. The summed E-state index contributed by atoms with van der Waals surface area (Å²) in [6, 6.07) is 4.48. The van der Waals surface area contributed by atoms with Gasteiger partial charge in [0.25, 0.3) is 0 Å². The summed E-state index contributed by atoms with van der Waals surface area (Å²) in [7, 11) is 0. The van der Waals surface area contributed by atoms with Crippen molar-refractivity contribution in [3.05, 3.63) is 35.1 Å². The predicted octanol–water partition coefficient (Wildman–Crippen LogP) is 2.76. The number of esters is 1. The van der Waals surface area contributed by atoms with Gasteiger partial charge in [-0.1, -0.05) is 24.6 Å². The first kappa shape index (κ1) is 14.6. The van der Waals surface area contributed by atoms with Gasteiger partial charge in [0.05, 0.1) is 18.6 Å². The van der Waals surface area contributed by atoms with Gasteiger partial charge in [0.15, 0.2) is 0 Å². The van der Waals surface area contributed by atoms with Crippen LogP contribution in [-0.2, 0) is 9.53 Å². The lowest BCUT2D eigenvalue weighted by molar-refractivity contribution is -0.152. The summed E-state index contributed by atoms with van der Waals surface area (Å²) >= 11 is 0.